The molecule has 1 aliphatic rings. The molecule has 0 saturated carbocycles. The first-order valence-electron chi connectivity index (χ1n) is 9.14. The van der Waals surface area contributed by atoms with Crippen LogP contribution in [0.3, 0.4) is 0 Å². The molecule has 0 saturated heterocycles. The lowest BCUT2D eigenvalue weighted by Gasteiger charge is -2.18. The lowest BCUT2D eigenvalue weighted by atomic mass is 10.0. The maximum Gasteiger partial charge on any atom is 0.220 e. The van der Waals surface area contributed by atoms with Crippen molar-refractivity contribution in [3.8, 4) is 0 Å². The molecule has 2 aromatic carbocycles. The highest BCUT2D eigenvalue weighted by Gasteiger charge is 2.29. The molecular weight excluding hydrogens is 308 g/mol. The number of aromatic amines is 1. The van der Waals surface area contributed by atoms with Crippen LogP contribution < -0.4 is 5.32 Å². The zero-order valence-corrected chi connectivity index (χ0v) is 14.6. The molecule has 3 aromatic rings. The first-order valence-corrected chi connectivity index (χ1v) is 9.14. The van der Waals surface area contributed by atoms with Gasteiger partial charge < -0.3 is 10.3 Å². The molecule has 0 aliphatic heterocycles. The Labute approximate surface area is 148 Å². The fourth-order valence-electron chi connectivity index (χ4n) is 4.04. The van der Waals surface area contributed by atoms with E-state index in [-0.39, 0.29) is 11.9 Å². The van der Waals surface area contributed by atoms with Crippen LogP contribution in [0.2, 0.25) is 0 Å². The van der Waals surface area contributed by atoms with Crippen molar-refractivity contribution in [1.82, 2.24) is 10.3 Å². The van der Waals surface area contributed by atoms with Gasteiger partial charge in [0.05, 0.1) is 6.04 Å². The highest BCUT2D eigenvalue weighted by molar-refractivity contribution is 5.83. The van der Waals surface area contributed by atoms with Gasteiger partial charge in [-0.25, -0.2) is 0 Å². The Balaban J connectivity index is 1.34. The third kappa shape index (κ3) is 3.19. The third-order valence-electron chi connectivity index (χ3n) is 5.34. The quantitative estimate of drug-likeness (QED) is 0.708. The number of amides is 1. The van der Waals surface area contributed by atoms with Crippen molar-refractivity contribution in [2.45, 2.75) is 38.6 Å². The van der Waals surface area contributed by atoms with Gasteiger partial charge in [-0.15, -0.1) is 0 Å². The summed E-state index contributed by atoms with van der Waals surface area (Å²) in [6.07, 6.45) is 5.49. The Morgan fingerprint density at radius 2 is 1.96 bits per heavy atom. The minimum absolute atomic E-state index is 0.161. The van der Waals surface area contributed by atoms with E-state index in [1.165, 1.54) is 27.6 Å². The number of hydrogen-bond donors (Lipinski definition) is 2. The number of para-hydroxylation sites is 1. The second-order valence-corrected chi connectivity index (χ2v) is 7.14. The predicted molar refractivity (Wildman–Crippen MR) is 101 cm³/mol. The largest absolute Gasteiger partial charge is 0.361 e. The first kappa shape index (κ1) is 15.9. The number of rotatable bonds is 5. The average Bonchev–Trinajstić information content (AvgIpc) is 3.17. The monoisotopic (exact) mass is 332 g/mol. The van der Waals surface area contributed by atoms with Gasteiger partial charge in [0.1, 0.15) is 0 Å². The second kappa shape index (κ2) is 6.75. The van der Waals surface area contributed by atoms with Crippen LogP contribution in [0.25, 0.3) is 10.9 Å². The number of fused-ring (bicyclic) bond motifs is 2. The maximum absolute atomic E-state index is 12.4. The standard InChI is InChI=1S/C22H24N2O/c1-15-13-16-7-2-3-10-19(16)22(15)24-21(25)12-6-8-17-14-23-20-11-5-4-9-18(17)20/h2-5,7,9-11,14-15,22-23H,6,8,12-13H2,1H3,(H,24,25). The molecule has 1 amide bonds. The molecular formula is C22H24N2O. The molecule has 0 spiro atoms. The lowest BCUT2D eigenvalue weighted by molar-refractivity contribution is -0.122. The van der Waals surface area contributed by atoms with E-state index in [4.69, 9.17) is 0 Å². The summed E-state index contributed by atoms with van der Waals surface area (Å²) in [5, 5.41) is 4.52. The fraction of sp³-hybridized carbons (Fsp3) is 0.318. The van der Waals surface area contributed by atoms with Crippen molar-refractivity contribution in [1.29, 1.82) is 0 Å². The van der Waals surface area contributed by atoms with Crippen molar-refractivity contribution in [2.24, 2.45) is 5.92 Å². The van der Waals surface area contributed by atoms with Crippen molar-refractivity contribution in [2.75, 3.05) is 0 Å². The summed E-state index contributed by atoms with van der Waals surface area (Å²) in [5.74, 6) is 0.628. The SMILES string of the molecule is CC1Cc2ccccc2C1NC(=O)CCCc1c[nH]c2ccccc12. The molecule has 1 heterocycles. The molecule has 2 N–H and O–H groups in total. The Bertz CT molecular complexity index is 896. The molecule has 0 radical (unpaired) electrons. The topological polar surface area (TPSA) is 44.9 Å². The number of benzene rings is 2. The van der Waals surface area contributed by atoms with Crippen LogP contribution in [-0.4, -0.2) is 10.9 Å². The van der Waals surface area contributed by atoms with Crippen LogP contribution in [-0.2, 0) is 17.6 Å². The smallest absolute Gasteiger partial charge is 0.220 e. The van der Waals surface area contributed by atoms with Crippen LogP contribution in [0.5, 0.6) is 0 Å². The molecule has 1 aromatic heterocycles. The molecule has 128 valence electrons. The summed E-state index contributed by atoms with van der Waals surface area (Å²) in [6.45, 7) is 2.22. The molecule has 0 fully saturated rings. The molecule has 2 atom stereocenters. The zero-order chi connectivity index (χ0) is 17.2. The average molecular weight is 332 g/mol. The van der Waals surface area contributed by atoms with Gasteiger partial charge in [0.2, 0.25) is 5.91 Å². The Morgan fingerprint density at radius 3 is 2.88 bits per heavy atom. The zero-order valence-electron chi connectivity index (χ0n) is 14.6. The van der Waals surface area contributed by atoms with Crippen LogP contribution >= 0.6 is 0 Å². The summed E-state index contributed by atoms with van der Waals surface area (Å²) in [5.41, 5.74) is 5.13. The highest BCUT2D eigenvalue weighted by Crippen LogP contribution is 2.35. The van der Waals surface area contributed by atoms with Crippen LogP contribution in [0.15, 0.2) is 54.7 Å². The minimum Gasteiger partial charge on any atom is -0.361 e. The number of aryl methyl sites for hydroxylation is 1. The van der Waals surface area contributed by atoms with E-state index in [9.17, 15) is 4.79 Å². The molecule has 25 heavy (non-hydrogen) atoms. The fourth-order valence-corrected chi connectivity index (χ4v) is 4.04. The number of nitrogens with one attached hydrogen (secondary N) is 2. The van der Waals surface area contributed by atoms with Gasteiger partial charge in [-0.1, -0.05) is 49.4 Å². The Morgan fingerprint density at radius 1 is 1.16 bits per heavy atom. The molecule has 4 rings (SSSR count). The van der Waals surface area contributed by atoms with Gasteiger partial charge in [-0.3, -0.25) is 4.79 Å². The van der Waals surface area contributed by atoms with E-state index in [0.717, 1.165) is 19.3 Å². The number of hydrogen-bond acceptors (Lipinski definition) is 1. The van der Waals surface area contributed by atoms with Gasteiger partial charge >= 0.3 is 0 Å². The summed E-state index contributed by atoms with van der Waals surface area (Å²) >= 11 is 0. The lowest BCUT2D eigenvalue weighted by Crippen LogP contribution is -2.30. The first-order chi connectivity index (χ1) is 12.2. The number of H-pyrrole nitrogens is 1. The summed E-state index contributed by atoms with van der Waals surface area (Å²) in [4.78, 5) is 15.7. The van der Waals surface area contributed by atoms with Crippen LogP contribution in [0.1, 0.15) is 42.5 Å². The highest BCUT2D eigenvalue weighted by atomic mass is 16.1. The third-order valence-corrected chi connectivity index (χ3v) is 5.34. The molecule has 3 heteroatoms. The minimum atomic E-state index is 0.161. The van der Waals surface area contributed by atoms with Crippen molar-refractivity contribution in [3.63, 3.8) is 0 Å². The van der Waals surface area contributed by atoms with Gasteiger partial charge in [0.25, 0.3) is 0 Å². The molecule has 0 bridgehead atoms. The Kier molecular flexibility index (Phi) is 4.31. The van der Waals surface area contributed by atoms with Crippen molar-refractivity contribution < 1.29 is 4.79 Å². The van der Waals surface area contributed by atoms with E-state index in [0.29, 0.717) is 12.3 Å². The van der Waals surface area contributed by atoms with Crippen molar-refractivity contribution >= 4 is 16.8 Å². The van der Waals surface area contributed by atoms with E-state index in [1.807, 2.05) is 6.07 Å². The van der Waals surface area contributed by atoms with E-state index >= 15 is 0 Å². The normalized spacial score (nSPS) is 19.1. The van der Waals surface area contributed by atoms with Gasteiger partial charge in [0, 0.05) is 23.5 Å². The van der Waals surface area contributed by atoms with Crippen LogP contribution in [0, 0.1) is 5.92 Å². The summed E-state index contributed by atoms with van der Waals surface area (Å²) in [7, 11) is 0. The second-order valence-electron chi connectivity index (χ2n) is 7.14. The van der Waals surface area contributed by atoms with Crippen LogP contribution in [0.4, 0.5) is 0 Å². The predicted octanol–water partition coefficient (Wildman–Crippen LogP) is 4.54. The van der Waals surface area contributed by atoms with E-state index < -0.39 is 0 Å². The summed E-state index contributed by atoms with van der Waals surface area (Å²) < 4.78 is 0. The van der Waals surface area contributed by atoms with Gasteiger partial charge in [0.15, 0.2) is 0 Å². The van der Waals surface area contributed by atoms with E-state index in [2.05, 4.69) is 65.9 Å². The van der Waals surface area contributed by atoms with Gasteiger partial charge in [-0.05, 0) is 47.9 Å². The molecule has 2 unspecified atom stereocenters. The number of carbonyl (C=O) groups is 1. The number of carbonyl (C=O) groups excluding carboxylic acids is 1. The molecule has 3 nitrogen and oxygen atoms in total. The maximum atomic E-state index is 12.4. The summed E-state index contributed by atoms with van der Waals surface area (Å²) in [6, 6.07) is 17.0. The Hall–Kier alpha value is -2.55. The van der Waals surface area contributed by atoms with E-state index in [1.54, 1.807) is 0 Å². The van der Waals surface area contributed by atoms with Gasteiger partial charge in [-0.2, -0.15) is 0 Å². The number of aromatic nitrogens is 1. The molecule has 1 aliphatic carbocycles. The van der Waals surface area contributed by atoms with Crippen molar-refractivity contribution in [3.05, 3.63) is 71.4 Å².